The fraction of sp³-hybridized carbons (Fsp3) is 0.438. The Hall–Kier alpha value is -2.15. The summed E-state index contributed by atoms with van der Waals surface area (Å²) in [7, 11) is 4.49. The molecule has 2 aromatic rings. The summed E-state index contributed by atoms with van der Waals surface area (Å²) < 4.78 is 0. The molecular weight excluding hydrogens is 586 g/mol. The van der Waals surface area contributed by atoms with E-state index < -0.39 is 0 Å². The zero-order valence-electron chi connectivity index (χ0n) is 24.5. The van der Waals surface area contributed by atoms with Crippen molar-refractivity contribution in [2.45, 2.75) is 92.9 Å². The van der Waals surface area contributed by atoms with E-state index in [1.807, 2.05) is 0 Å². The third kappa shape index (κ3) is 9.25. The summed E-state index contributed by atoms with van der Waals surface area (Å²) in [5, 5.41) is 16.7. The van der Waals surface area contributed by atoms with Crippen molar-refractivity contribution in [2.75, 3.05) is 9.80 Å². The minimum atomic E-state index is 0.000000000000000222. The van der Waals surface area contributed by atoms with Gasteiger partial charge in [-0.1, -0.05) is 91.8 Å². The summed E-state index contributed by atoms with van der Waals surface area (Å²) in [6, 6.07) is 13.5. The van der Waals surface area contributed by atoms with E-state index in [2.05, 4.69) is 154 Å². The Labute approximate surface area is 246 Å². The monoisotopic (exact) mass is 630 g/mol. The van der Waals surface area contributed by atoms with Gasteiger partial charge in [-0.15, -0.1) is 6.67 Å². The topological polar surface area (TPSA) is 46.9 Å². The number of rotatable bonds is 6. The van der Waals surface area contributed by atoms with Gasteiger partial charge in [-0.25, -0.2) is 0 Å². The van der Waals surface area contributed by atoms with E-state index in [1.54, 1.807) is 0 Å². The molecule has 1 heterocycles. The Morgan fingerprint density at radius 3 is 1.11 bits per heavy atom. The summed E-state index contributed by atoms with van der Waals surface area (Å²) in [6.07, 6.45) is 4.43. The number of aliphatic hydroxyl groups excluding tert-OH is 2. The van der Waals surface area contributed by atoms with Gasteiger partial charge in [0.15, 0.2) is 0 Å². The van der Waals surface area contributed by atoms with Crippen LogP contribution in [0.2, 0.25) is 0 Å². The van der Waals surface area contributed by atoms with Crippen molar-refractivity contribution in [1.29, 1.82) is 0 Å². The van der Waals surface area contributed by atoms with E-state index >= 15 is 0 Å². The zero-order valence-corrected chi connectivity index (χ0v) is 26.8. The standard InChI is InChI=1S/C27H37N2.C5H8O2.ClH.Pd/c1-18(2)22-11-9-12-23(19(3)4)26(22)28-15-16-29(17-28)27-24(20(5)6)13-10-14-25(27)21(7)8;1-4(6)3-5(2)7;;/h9-21H,1-8H3;6-7H,1-2H3;1H;/q-1;;;+2/p-1. The molecule has 0 radical (unpaired) electrons. The van der Waals surface area contributed by atoms with Gasteiger partial charge >= 0.3 is 27.7 Å². The average Bonchev–Trinajstić information content (AvgIpc) is 3.33. The van der Waals surface area contributed by atoms with Crippen LogP contribution in [0.25, 0.3) is 0 Å². The molecule has 0 atom stereocenters. The predicted octanol–water partition coefficient (Wildman–Crippen LogP) is 10.3. The van der Waals surface area contributed by atoms with Crippen LogP contribution in [0.15, 0.2) is 66.0 Å². The summed E-state index contributed by atoms with van der Waals surface area (Å²) in [4.78, 5) is 4.65. The SMILES string of the molecule is CC(C)c1cccc(C(C)C)c1N1C=CN(c2c(C(C)C)cccc2C(C)C)[CH-]1.CC(O)=C=C(C)O.[Cl][Pd+]. The van der Waals surface area contributed by atoms with Crippen molar-refractivity contribution < 1.29 is 28.4 Å². The number of aliphatic hydroxyl groups is 2. The van der Waals surface area contributed by atoms with E-state index in [1.165, 1.54) is 47.5 Å². The van der Waals surface area contributed by atoms with Gasteiger partial charge in [0.05, 0.1) is 0 Å². The molecule has 2 aromatic carbocycles. The molecule has 1 aliphatic heterocycles. The fourth-order valence-electron chi connectivity index (χ4n) is 4.50. The van der Waals surface area contributed by atoms with Crippen LogP contribution in [0.4, 0.5) is 11.4 Å². The second-order valence-electron chi connectivity index (χ2n) is 10.7. The molecule has 38 heavy (non-hydrogen) atoms. The number of benzene rings is 2. The molecule has 0 fully saturated rings. The first-order valence-electron chi connectivity index (χ1n) is 13.1. The summed E-state index contributed by atoms with van der Waals surface area (Å²) in [6.45, 7) is 23.4. The third-order valence-corrected chi connectivity index (χ3v) is 6.20. The molecule has 0 aromatic heterocycles. The Bertz CT molecular complexity index is 988. The van der Waals surface area contributed by atoms with E-state index in [0.717, 1.165) is 0 Å². The molecule has 0 amide bonds. The Morgan fingerprint density at radius 2 is 0.921 bits per heavy atom. The summed E-state index contributed by atoms with van der Waals surface area (Å²) in [5.74, 6) is 1.92. The van der Waals surface area contributed by atoms with Crippen molar-refractivity contribution in [3.8, 4) is 0 Å². The van der Waals surface area contributed by atoms with Gasteiger partial charge in [-0.05, 0) is 64.1 Å². The van der Waals surface area contributed by atoms with E-state index in [4.69, 9.17) is 10.2 Å². The molecule has 2 N–H and O–H groups in total. The van der Waals surface area contributed by atoms with Crippen molar-refractivity contribution in [1.82, 2.24) is 0 Å². The molecule has 0 saturated carbocycles. The van der Waals surface area contributed by atoms with Crippen molar-refractivity contribution >= 4 is 20.9 Å². The quantitative estimate of drug-likeness (QED) is 0.144. The molecule has 1 aliphatic rings. The number of para-hydroxylation sites is 2. The second-order valence-corrected chi connectivity index (χ2v) is 10.7. The molecule has 0 spiro atoms. The van der Waals surface area contributed by atoms with E-state index in [0.29, 0.717) is 23.7 Å². The molecule has 0 saturated heterocycles. The van der Waals surface area contributed by atoms with Crippen LogP contribution in [0.1, 0.15) is 115 Å². The van der Waals surface area contributed by atoms with E-state index in [9.17, 15) is 0 Å². The van der Waals surface area contributed by atoms with Crippen LogP contribution in [0.5, 0.6) is 0 Å². The van der Waals surface area contributed by atoms with Gasteiger partial charge < -0.3 is 20.0 Å². The van der Waals surface area contributed by atoms with Crippen molar-refractivity contribution in [3.63, 3.8) is 0 Å². The fourth-order valence-corrected chi connectivity index (χ4v) is 4.50. The predicted molar refractivity (Wildman–Crippen MR) is 161 cm³/mol. The second kappa shape index (κ2) is 16.1. The molecule has 0 unspecified atom stereocenters. The van der Waals surface area contributed by atoms with Crippen LogP contribution in [-0.2, 0) is 18.2 Å². The van der Waals surface area contributed by atoms with Gasteiger partial charge in [-0.2, -0.15) is 0 Å². The number of allylic oxidation sites excluding steroid dienone is 1. The van der Waals surface area contributed by atoms with Crippen LogP contribution in [0, 0.1) is 6.67 Å². The third-order valence-electron chi connectivity index (χ3n) is 6.20. The average molecular weight is 632 g/mol. The Kier molecular flexibility index (Phi) is 14.3. The number of hydrogen-bond acceptors (Lipinski definition) is 4. The molecular formula is C32H45ClN2O2Pd. The van der Waals surface area contributed by atoms with Gasteiger partial charge in [0, 0.05) is 25.2 Å². The Balaban J connectivity index is 0.000000696. The molecule has 0 aliphatic carbocycles. The normalized spacial score (nSPS) is 12.4. The molecule has 0 bridgehead atoms. The van der Waals surface area contributed by atoms with Crippen LogP contribution < -0.4 is 9.80 Å². The van der Waals surface area contributed by atoms with Crippen LogP contribution in [0.3, 0.4) is 0 Å². The zero-order chi connectivity index (χ0) is 29.2. The van der Waals surface area contributed by atoms with Gasteiger partial charge in [0.1, 0.15) is 11.5 Å². The minimum absolute atomic E-state index is 0.000000000000000222. The van der Waals surface area contributed by atoms with Gasteiger partial charge in [0.25, 0.3) is 0 Å². The number of hydrogen-bond donors (Lipinski definition) is 2. The van der Waals surface area contributed by atoms with Crippen molar-refractivity contribution in [3.05, 3.63) is 95.0 Å². The number of nitrogens with zero attached hydrogens (tertiary/aromatic N) is 2. The maximum atomic E-state index is 8.35. The first-order valence-corrected chi connectivity index (χ1v) is 15.1. The molecule has 212 valence electrons. The van der Waals surface area contributed by atoms with Crippen LogP contribution in [-0.4, -0.2) is 10.2 Å². The van der Waals surface area contributed by atoms with E-state index in [-0.39, 0.29) is 11.5 Å². The number of anilines is 2. The van der Waals surface area contributed by atoms with Gasteiger partial charge in [-0.3, -0.25) is 0 Å². The first kappa shape index (κ1) is 33.9. The van der Waals surface area contributed by atoms with Crippen LogP contribution >= 0.6 is 9.53 Å². The maximum absolute atomic E-state index is 8.35. The van der Waals surface area contributed by atoms with Gasteiger partial charge in [0.2, 0.25) is 0 Å². The molecule has 6 heteroatoms. The first-order chi connectivity index (χ1) is 17.8. The molecule has 4 nitrogen and oxygen atoms in total. The Morgan fingerprint density at radius 1 is 0.658 bits per heavy atom. The summed E-state index contributed by atoms with van der Waals surface area (Å²) >= 11 is 2.22. The number of halogens is 1. The molecule has 3 rings (SSSR count). The summed E-state index contributed by atoms with van der Waals surface area (Å²) in [5.41, 5.74) is 10.5. The van der Waals surface area contributed by atoms with Crippen molar-refractivity contribution in [2.24, 2.45) is 0 Å².